The van der Waals surface area contributed by atoms with Crippen molar-refractivity contribution < 1.29 is 10.2 Å². The number of hydrogen-bond acceptors (Lipinski definition) is 4. The smallest absolute Gasteiger partial charge is 0.168 e. The predicted molar refractivity (Wildman–Crippen MR) is 75.9 cm³/mol. The molecule has 102 valence electrons. The summed E-state index contributed by atoms with van der Waals surface area (Å²) in [7, 11) is 1.86. The molecule has 0 aliphatic heterocycles. The summed E-state index contributed by atoms with van der Waals surface area (Å²) >= 11 is 1.48. The highest BCUT2D eigenvalue weighted by molar-refractivity contribution is 7.99. The first-order valence-corrected chi connectivity index (χ1v) is 7.05. The number of nitrogens with zero attached hydrogens (tertiary/aromatic N) is 2. The van der Waals surface area contributed by atoms with Crippen molar-refractivity contribution in [3.8, 4) is 0 Å². The standard InChI is InChI=1S/C14H18N2O2S/c1-14(18,11-6-4-3-5-7-11)10-19-13-15-8-12(9-17)16(13)2/h3-8,17-18H,9-10H2,1-2H3. The van der Waals surface area contributed by atoms with Gasteiger partial charge in [-0.05, 0) is 12.5 Å². The van der Waals surface area contributed by atoms with Crippen LogP contribution in [-0.4, -0.2) is 25.5 Å². The molecule has 5 heteroatoms. The Kier molecular flexibility index (Phi) is 4.29. The third-order valence-corrected chi connectivity index (χ3v) is 4.43. The first-order chi connectivity index (χ1) is 9.04. The maximum atomic E-state index is 10.5. The molecule has 0 radical (unpaired) electrons. The van der Waals surface area contributed by atoms with Crippen LogP contribution in [0, 0.1) is 0 Å². The van der Waals surface area contributed by atoms with Gasteiger partial charge in [0.2, 0.25) is 0 Å². The third kappa shape index (κ3) is 3.18. The summed E-state index contributed by atoms with van der Waals surface area (Å²) in [6.45, 7) is 1.77. The summed E-state index contributed by atoms with van der Waals surface area (Å²) in [6, 6.07) is 9.59. The highest BCUT2D eigenvalue weighted by Gasteiger charge is 2.24. The van der Waals surface area contributed by atoms with Gasteiger partial charge in [0.1, 0.15) is 0 Å². The van der Waals surface area contributed by atoms with Crippen molar-refractivity contribution in [2.45, 2.75) is 24.3 Å². The van der Waals surface area contributed by atoms with Crippen LogP contribution in [0.5, 0.6) is 0 Å². The molecule has 4 nitrogen and oxygen atoms in total. The molecule has 2 rings (SSSR count). The van der Waals surface area contributed by atoms with Crippen LogP contribution in [-0.2, 0) is 19.3 Å². The highest BCUT2D eigenvalue weighted by Crippen LogP contribution is 2.28. The number of rotatable bonds is 5. The van der Waals surface area contributed by atoms with Crippen LogP contribution in [0.15, 0.2) is 41.7 Å². The number of thioether (sulfide) groups is 1. The van der Waals surface area contributed by atoms with Gasteiger partial charge in [-0.3, -0.25) is 0 Å². The van der Waals surface area contributed by atoms with Gasteiger partial charge in [0, 0.05) is 12.8 Å². The van der Waals surface area contributed by atoms with E-state index in [0.717, 1.165) is 16.4 Å². The fourth-order valence-corrected chi connectivity index (χ4v) is 2.81. The van der Waals surface area contributed by atoms with E-state index in [2.05, 4.69) is 4.98 Å². The zero-order chi connectivity index (χ0) is 13.9. The van der Waals surface area contributed by atoms with Gasteiger partial charge in [0.25, 0.3) is 0 Å². The van der Waals surface area contributed by atoms with Gasteiger partial charge in [0.15, 0.2) is 5.16 Å². The largest absolute Gasteiger partial charge is 0.390 e. The van der Waals surface area contributed by atoms with Crippen LogP contribution in [0.2, 0.25) is 0 Å². The Bertz CT molecular complexity index is 538. The summed E-state index contributed by atoms with van der Waals surface area (Å²) in [5.41, 5.74) is 0.748. The summed E-state index contributed by atoms with van der Waals surface area (Å²) in [6.07, 6.45) is 1.65. The molecule has 0 aliphatic rings. The van der Waals surface area contributed by atoms with Crippen molar-refractivity contribution in [3.05, 3.63) is 47.8 Å². The molecule has 0 spiro atoms. The van der Waals surface area contributed by atoms with E-state index in [-0.39, 0.29) is 6.61 Å². The Balaban J connectivity index is 2.07. The number of aromatic nitrogens is 2. The summed E-state index contributed by atoms with van der Waals surface area (Å²) in [5, 5.41) is 20.4. The molecule has 1 aromatic heterocycles. The van der Waals surface area contributed by atoms with E-state index in [1.54, 1.807) is 13.1 Å². The third-order valence-electron chi connectivity index (χ3n) is 3.08. The SMILES string of the molecule is Cn1c(CO)cnc1SCC(C)(O)c1ccccc1. The van der Waals surface area contributed by atoms with E-state index in [1.165, 1.54) is 11.8 Å². The van der Waals surface area contributed by atoms with Crippen LogP contribution in [0.3, 0.4) is 0 Å². The van der Waals surface area contributed by atoms with Gasteiger partial charge in [-0.2, -0.15) is 0 Å². The zero-order valence-electron chi connectivity index (χ0n) is 11.1. The average Bonchev–Trinajstić information content (AvgIpc) is 2.78. The minimum absolute atomic E-state index is 0.0286. The monoisotopic (exact) mass is 278 g/mol. The maximum Gasteiger partial charge on any atom is 0.168 e. The van der Waals surface area contributed by atoms with E-state index in [4.69, 9.17) is 5.11 Å². The van der Waals surface area contributed by atoms with Gasteiger partial charge in [-0.25, -0.2) is 4.98 Å². The average molecular weight is 278 g/mol. The van der Waals surface area contributed by atoms with Crippen LogP contribution in [0.25, 0.3) is 0 Å². The Morgan fingerprint density at radius 2 is 2.00 bits per heavy atom. The van der Waals surface area contributed by atoms with Gasteiger partial charge >= 0.3 is 0 Å². The quantitative estimate of drug-likeness (QED) is 0.820. The molecule has 0 saturated carbocycles. The van der Waals surface area contributed by atoms with Crippen LogP contribution in [0.1, 0.15) is 18.2 Å². The van der Waals surface area contributed by atoms with E-state index >= 15 is 0 Å². The van der Waals surface area contributed by atoms with Crippen molar-refractivity contribution >= 4 is 11.8 Å². The lowest BCUT2D eigenvalue weighted by Crippen LogP contribution is -2.24. The summed E-state index contributed by atoms with van der Waals surface area (Å²) in [4.78, 5) is 4.24. The first kappa shape index (κ1) is 14.1. The fraction of sp³-hybridized carbons (Fsp3) is 0.357. The number of hydrogen-bond donors (Lipinski definition) is 2. The van der Waals surface area contributed by atoms with Crippen LogP contribution in [0.4, 0.5) is 0 Å². The first-order valence-electron chi connectivity index (χ1n) is 6.07. The minimum Gasteiger partial charge on any atom is -0.390 e. The minimum atomic E-state index is -0.906. The second-order valence-corrected chi connectivity index (χ2v) is 5.62. The maximum absolute atomic E-state index is 10.5. The molecule has 1 heterocycles. The molecular formula is C14H18N2O2S. The Morgan fingerprint density at radius 1 is 1.32 bits per heavy atom. The molecule has 1 atom stereocenters. The van der Waals surface area contributed by atoms with Crippen molar-refractivity contribution in [1.82, 2.24) is 9.55 Å². The Hall–Kier alpha value is -1.30. The molecule has 0 fully saturated rings. The van der Waals surface area contributed by atoms with Gasteiger partial charge < -0.3 is 14.8 Å². The van der Waals surface area contributed by atoms with E-state index in [9.17, 15) is 5.11 Å². The van der Waals surface area contributed by atoms with E-state index < -0.39 is 5.60 Å². The fourth-order valence-electron chi connectivity index (χ4n) is 1.79. The number of benzene rings is 1. The molecule has 0 amide bonds. The van der Waals surface area contributed by atoms with Crippen LogP contribution >= 0.6 is 11.8 Å². The van der Waals surface area contributed by atoms with Crippen molar-refractivity contribution in [2.24, 2.45) is 7.05 Å². The lowest BCUT2D eigenvalue weighted by Gasteiger charge is -2.23. The molecular weight excluding hydrogens is 260 g/mol. The van der Waals surface area contributed by atoms with Gasteiger partial charge in [-0.1, -0.05) is 42.1 Å². The summed E-state index contributed by atoms with van der Waals surface area (Å²) in [5.74, 6) is 0.507. The lowest BCUT2D eigenvalue weighted by molar-refractivity contribution is 0.0838. The molecule has 2 aromatic rings. The predicted octanol–water partition coefficient (Wildman–Crippen LogP) is 1.91. The topological polar surface area (TPSA) is 58.3 Å². The summed E-state index contributed by atoms with van der Waals surface area (Å²) < 4.78 is 1.84. The normalized spacial score (nSPS) is 14.3. The number of aliphatic hydroxyl groups excluding tert-OH is 1. The van der Waals surface area contributed by atoms with Crippen molar-refractivity contribution in [3.63, 3.8) is 0 Å². The second kappa shape index (κ2) is 5.77. The van der Waals surface area contributed by atoms with Crippen LogP contribution < -0.4 is 0 Å². The molecule has 1 unspecified atom stereocenters. The van der Waals surface area contributed by atoms with E-state index in [1.807, 2.05) is 41.9 Å². The lowest BCUT2D eigenvalue weighted by atomic mass is 9.99. The molecule has 0 aliphatic carbocycles. The second-order valence-electron chi connectivity index (χ2n) is 4.68. The van der Waals surface area contributed by atoms with Gasteiger partial charge in [0.05, 0.1) is 24.1 Å². The van der Waals surface area contributed by atoms with Gasteiger partial charge in [-0.15, -0.1) is 0 Å². The highest BCUT2D eigenvalue weighted by atomic mass is 32.2. The number of imidazole rings is 1. The van der Waals surface area contributed by atoms with Crippen molar-refractivity contribution in [1.29, 1.82) is 0 Å². The molecule has 19 heavy (non-hydrogen) atoms. The Morgan fingerprint density at radius 3 is 2.58 bits per heavy atom. The molecule has 0 bridgehead atoms. The zero-order valence-corrected chi connectivity index (χ0v) is 11.9. The van der Waals surface area contributed by atoms with Crippen molar-refractivity contribution in [2.75, 3.05) is 5.75 Å². The molecule has 1 aromatic carbocycles. The Labute approximate surface area is 117 Å². The number of aliphatic hydroxyl groups is 2. The van der Waals surface area contributed by atoms with E-state index in [0.29, 0.717) is 5.75 Å². The molecule has 2 N–H and O–H groups in total. The molecule has 0 saturated heterocycles.